The van der Waals surface area contributed by atoms with Crippen molar-refractivity contribution < 1.29 is 9.84 Å². The summed E-state index contributed by atoms with van der Waals surface area (Å²) < 4.78 is 6.07. The van der Waals surface area contributed by atoms with Gasteiger partial charge >= 0.3 is 0 Å². The zero-order valence-corrected chi connectivity index (χ0v) is 14.2. The molecule has 1 aromatic heterocycles. The number of aryl methyl sites for hydroxylation is 1. The number of hydrogen-bond donors (Lipinski definition) is 2. The summed E-state index contributed by atoms with van der Waals surface area (Å²) in [7, 11) is 0. The number of hydrogen-bond acceptors (Lipinski definition) is 6. The number of nitrogens with one attached hydrogen (secondary N) is 1. The van der Waals surface area contributed by atoms with Crippen LogP contribution in [0, 0.1) is 18.8 Å². The number of ether oxygens (including phenoxy) is 1. The molecule has 3 aliphatic heterocycles. The fourth-order valence-corrected chi connectivity index (χ4v) is 4.63. The van der Waals surface area contributed by atoms with Crippen LogP contribution in [0.1, 0.15) is 18.5 Å². The molecule has 0 spiro atoms. The molecule has 0 aliphatic carbocycles. The third kappa shape index (κ3) is 2.61. The van der Waals surface area contributed by atoms with Crippen LogP contribution in [0.3, 0.4) is 0 Å². The molecule has 4 heterocycles. The molecule has 6 nitrogen and oxygen atoms in total. The van der Waals surface area contributed by atoms with Gasteiger partial charge in [0.1, 0.15) is 11.6 Å². The van der Waals surface area contributed by atoms with Gasteiger partial charge in [0.05, 0.1) is 12.2 Å². The maximum Gasteiger partial charge on any atom is 0.229 e. The molecule has 6 heteroatoms. The smallest absolute Gasteiger partial charge is 0.229 e. The highest BCUT2D eigenvalue weighted by Gasteiger charge is 2.53. The van der Waals surface area contributed by atoms with Crippen molar-refractivity contribution >= 4 is 17.5 Å². The number of phenols is 1. The highest BCUT2D eigenvalue weighted by atomic mass is 16.5. The van der Waals surface area contributed by atoms with Crippen LogP contribution in [0.5, 0.6) is 5.75 Å². The summed E-state index contributed by atoms with van der Waals surface area (Å²) in [5.74, 6) is 3.06. The molecule has 25 heavy (non-hydrogen) atoms. The molecule has 3 aliphatic rings. The number of anilines is 3. The Bertz CT molecular complexity index is 794. The average Bonchev–Trinajstić information content (AvgIpc) is 3.27. The number of rotatable bonds is 3. The molecular weight excluding hydrogens is 316 g/mol. The molecule has 2 bridgehead atoms. The number of aromatic hydroxyl groups is 1. The molecule has 2 N–H and O–H groups in total. The lowest BCUT2D eigenvalue weighted by molar-refractivity contribution is 0.0849. The zero-order valence-electron chi connectivity index (χ0n) is 14.2. The van der Waals surface area contributed by atoms with Crippen LogP contribution < -0.4 is 10.2 Å². The summed E-state index contributed by atoms with van der Waals surface area (Å²) in [4.78, 5) is 11.6. The maximum absolute atomic E-state index is 9.62. The van der Waals surface area contributed by atoms with E-state index in [1.54, 1.807) is 18.2 Å². The molecule has 5 rings (SSSR count). The number of fused-ring (bicyclic) bond motifs is 5. The van der Waals surface area contributed by atoms with E-state index in [4.69, 9.17) is 9.72 Å². The Morgan fingerprint density at radius 2 is 1.88 bits per heavy atom. The second-order valence-corrected chi connectivity index (χ2v) is 7.39. The molecule has 2 aromatic rings. The van der Waals surface area contributed by atoms with Crippen LogP contribution >= 0.6 is 0 Å². The Kier molecular flexibility index (Phi) is 3.35. The number of aromatic nitrogens is 2. The van der Waals surface area contributed by atoms with Crippen molar-refractivity contribution in [2.45, 2.75) is 32.0 Å². The van der Waals surface area contributed by atoms with E-state index in [0.717, 1.165) is 30.3 Å². The van der Waals surface area contributed by atoms with Gasteiger partial charge in [0, 0.05) is 48.4 Å². The second-order valence-electron chi connectivity index (χ2n) is 7.39. The summed E-state index contributed by atoms with van der Waals surface area (Å²) in [6, 6.07) is 9.05. The standard InChI is InChI=1S/C19H22N4O2/c1-11-7-18(22-19(20-11)21-12-3-2-4-13(24)8-12)23-9-14-15(10-23)17-6-5-16(14)25-17/h2-4,7-8,14-17,24H,5-6,9-10H2,1H3,(H,20,21,22)/t14-,15+,16+,17-. The predicted octanol–water partition coefficient (Wildman–Crippen LogP) is 2.85. The summed E-state index contributed by atoms with van der Waals surface area (Å²) in [6.07, 6.45) is 3.33. The zero-order chi connectivity index (χ0) is 17.0. The lowest BCUT2D eigenvalue weighted by Crippen LogP contribution is -2.25. The maximum atomic E-state index is 9.62. The number of benzene rings is 1. The van der Waals surface area contributed by atoms with Gasteiger partial charge in [0.25, 0.3) is 0 Å². The largest absolute Gasteiger partial charge is 0.508 e. The molecule has 0 unspecified atom stereocenters. The summed E-state index contributed by atoms with van der Waals surface area (Å²) in [6.45, 7) is 4.03. The minimum Gasteiger partial charge on any atom is -0.508 e. The molecule has 130 valence electrons. The Morgan fingerprint density at radius 3 is 2.60 bits per heavy atom. The number of nitrogens with zero attached hydrogens (tertiary/aromatic N) is 3. The summed E-state index contributed by atoms with van der Waals surface area (Å²) in [5.41, 5.74) is 1.71. The van der Waals surface area contributed by atoms with Crippen molar-refractivity contribution in [2.75, 3.05) is 23.3 Å². The van der Waals surface area contributed by atoms with Crippen molar-refractivity contribution in [2.24, 2.45) is 11.8 Å². The van der Waals surface area contributed by atoms with E-state index in [2.05, 4.69) is 21.3 Å². The van der Waals surface area contributed by atoms with Gasteiger partial charge in [-0.25, -0.2) is 4.98 Å². The highest BCUT2D eigenvalue weighted by molar-refractivity contribution is 5.57. The Balaban J connectivity index is 1.38. The van der Waals surface area contributed by atoms with Crippen LogP contribution in [0.4, 0.5) is 17.5 Å². The van der Waals surface area contributed by atoms with Gasteiger partial charge < -0.3 is 20.1 Å². The number of phenolic OH excluding ortho intramolecular Hbond substituents is 1. The van der Waals surface area contributed by atoms with Gasteiger partial charge in [0.2, 0.25) is 5.95 Å². The Hall–Kier alpha value is -2.34. The monoisotopic (exact) mass is 338 g/mol. The summed E-state index contributed by atoms with van der Waals surface area (Å²) in [5, 5.41) is 12.8. The lowest BCUT2D eigenvalue weighted by atomic mass is 9.82. The van der Waals surface area contributed by atoms with Crippen LogP contribution in [-0.4, -0.2) is 40.4 Å². The normalized spacial score (nSPS) is 29.9. The molecule has 3 saturated heterocycles. The van der Waals surface area contributed by atoms with Gasteiger partial charge in [-0.3, -0.25) is 0 Å². The highest BCUT2D eigenvalue weighted by Crippen LogP contribution is 2.47. The molecule has 1 aromatic carbocycles. The van der Waals surface area contributed by atoms with Crippen LogP contribution in [0.15, 0.2) is 30.3 Å². The first-order valence-corrected chi connectivity index (χ1v) is 8.98. The Labute approximate surface area is 146 Å². The van der Waals surface area contributed by atoms with Crippen molar-refractivity contribution in [3.8, 4) is 5.75 Å². The average molecular weight is 338 g/mol. The van der Waals surface area contributed by atoms with Crippen LogP contribution in [0.25, 0.3) is 0 Å². The van der Waals surface area contributed by atoms with E-state index < -0.39 is 0 Å². The van der Waals surface area contributed by atoms with E-state index in [9.17, 15) is 5.11 Å². The van der Waals surface area contributed by atoms with Gasteiger partial charge in [-0.05, 0) is 31.9 Å². The lowest BCUT2D eigenvalue weighted by Gasteiger charge is -2.21. The first kappa shape index (κ1) is 15.0. The quantitative estimate of drug-likeness (QED) is 0.897. The third-order valence-electron chi connectivity index (χ3n) is 5.72. The van der Waals surface area contributed by atoms with Gasteiger partial charge in [-0.15, -0.1) is 0 Å². The molecular formula is C19H22N4O2. The van der Waals surface area contributed by atoms with E-state index in [1.807, 2.05) is 13.0 Å². The molecule has 0 saturated carbocycles. The molecule has 4 atom stereocenters. The molecule has 0 amide bonds. The van der Waals surface area contributed by atoms with Gasteiger partial charge in [0.15, 0.2) is 0 Å². The van der Waals surface area contributed by atoms with E-state index in [0.29, 0.717) is 30.0 Å². The van der Waals surface area contributed by atoms with Crippen molar-refractivity contribution in [3.05, 3.63) is 36.0 Å². The third-order valence-corrected chi connectivity index (χ3v) is 5.72. The molecule has 0 radical (unpaired) electrons. The Morgan fingerprint density at radius 1 is 1.12 bits per heavy atom. The van der Waals surface area contributed by atoms with Crippen molar-refractivity contribution in [3.63, 3.8) is 0 Å². The van der Waals surface area contributed by atoms with Crippen molar-refractivity contribution in [1.82, 2.24) is 9.97 Å². The first-order chi connectivity index (χ1) is 12.2. The second kappa shape index (κ2) is 5.59. The SMILES string of the molecule is Cc1cc(N2C[C@@H]3[C@H](C2)[C@H]2CC[C@@H]3O2)nc(Nc2cccc(O)c2)n1. The fourth-order valence-electron chi connectivity index (χ4n) is 4.63. The van der Waals surface area contributed by atoms with E-state index in [1.165, 1.54) is 12.8 Å². The van der Waals surface area contributed by atoms with Crippen LogP contribution in [0.2, 0.25) is 0 Å². The van der Waals surface area contributed by atoms with E-state index in [-0.39, 0.29) is 5.75 Å². The minimum absolute atomic E-state index is 0.223. The first-order valence-electron chi connectivity index (χ1n) is 8.98. The van der Waals surface area contributed by atoms with Crippen molar-refractivity contribution in [1.29, 1.82) is 0 Å². The summed E-state index contributed by atoms with van der Waals surface area (Å²) >= 11 is 0. The fraction of sp³-hybridized carbons (Fsp3) is 0.474. The van der Waals surface area contributed by atoms with Gasteiger partial charge in [-0.2, -0.15) is 4.98 Å². The topological polar surface area (TPSA) is 70.5 Å². The molecule has 3 fully saturated rings. The minimum atomic E-state index is 0.223. The van der Waals surface area contributed by atoms with E-state index >= 15 is 0 Å². The predicted molar refractivity (Wildman–Crippen MR) is 95.2 cm³/mol. The van der Waals surface area contributed by atoms with Crippen LogP contribution in [-0.2, 0) is 4.74 Å². The van der Waals surface area contributed by atoms with Gasteiger partial charge in [-0.1, -0.05) is 6.07 Å².